The molecule has 1 aliphatic heterocycles. The normalized spacial score (nSPS) is 16.4. The van der Waals surface area contributed by atoms with Gasteiger partial charge in [0.05, 0.1) is 6.26 Å². The van der Waals surface area contributed by atoms with E-state index < -0.39 is 0 Å². The molecule has 4 heteroatoms. The Morgan fingerprint density at radius 3 is 2.20 bits per heavy atom. The van der Waals surface area contributed by atoms with Crippen molar-refractivity contribution < 1.29 is 4.74 Å². The number of hydrogen-bond acceptors (Lipinski definition) is 4. The largest absolute Gasteiger partial charge is 0.497 e. The van der Waals surface area contributed by atoms with E-state index in [1.165, 1.54) is 0 Å². The van der Waals surface area contributed by atoms with E-state index in [-0.39, 0.29) is 0 Å². The molecule has 1 aliphatic rings. The average Bonchev–Trinajstić information content (AvgIpc) is 2.46. The first-order valence-corrected chi connectivity index (χ1v) is 6.15. The smallest absolute Gasteiger partial charge is 0.106 e. The Morgan fingerprint density at radius 2 is 1.30 bits per heavy atom. The van der Waals surface area contributed by atoms with Gasteiger partial charge in [-0.15, -0.1) is 0 Å². The first-order valence-electron chi connectivity index (χ1n) is 6.15. The van der Waals surface area contributed by atoms with Crippen LogP contribution in [0, 0.1) is 0 Å². The van der Waals surface area contributed by atoms with Gasteiger partial charge in [0.2, 0.25) is 0 Å². The molecule has 4 nitrogen and oxygen atoms in total. The summed E-state index contributed by atoms with van der Waals surface area (Å²) in [5.41, 5.74) is 0. The van der Waals surface area contributed by atoms with Crippen LogP contribution in [-0.2, 0) is 4.74 Å². The molecule has 1 rings (SSSR count). The summed E-state index contributed by atoms with van der Waals surface area (Å²) in [5, 5.41) is 0. The highest BCUT2D eigenvalue weighted by atomic mass is 16.5. The summed E-state index contributed by atoms with van der Waals surface area (Å²) in [4.78, 5) is 12.0. The van der Waals surface area contributed by atoms with Crippen LogP contribution in [-0.4, -0.2) is 25.3 Å². The van der Waals surface area contributed by atoms with Crippen LogP contribution in [0.1, 0.15) is 0 Å². The Hall–Kier alpha value is -2.75. The average molecular weight is 267 g/mol. The molecule has 0 saturated heterocycles. The molecular formula is C16H17N3O. The molecule has 0 amide bonds. The number of ether oxygens (including phenoxy) is 1. The third kappa shape index (κ3) is 10.4. The Bertz CT molecular complexity index is 458. The van der Waals surface area contributed by atoms with Gasteiger partial charge in [-0.3, -0.25) is 15.0 Å². The van der Waals surface area contributed by atoms with Gasteiger partial charge in [0.25, 0.3) is 0 Å². The van der Waals surface area contributed by atoms with Gasteiger partial charge < -0.3 is 4.74 Å². The van der Waals surface area contributed by atoms with Crippen LogP contribution >= 0.6 is 0 Å². The van der Waals surface area contributed by atoms with Crippen molar-refractivity contribution in [2.45, 2.75) is 0 Å². The van der Waals surface area contributed by atoms with E-state index in [0.717, 1.165) is 0 Å². The van der Waals surface area contributed by atoms with E-state index in [1.54, 1.807) is 43.5 Å². The van der Waals surface area contributed by atoms with Gasteiger partial charge in [0.1, 0.15) is 6.61 Å². The molecule has 20 heavy (non-hydrogen) atoms. The van der Waals surface area contributed by atoms with Crippen molar-refractivity contribution in [2.75, 3.05) is 6.61 Å². The standard InChI is InChI=1S/C16H17N3O/c1-3-7-15-20-16-8-4-2-6-10-18-12-14-19-13-11-17-9-5-1/h1-15H,16H2. The first-order chi connectivity index (χ1) is 10.0. The molecule has 0 unspecified atom stereocenters. The fraction of sp³-hybridized carbons (Fsp3) is 0.0625. The van der Waals surface area contributed by atoms with E-state index in [4.69, 9.17) is 4.74 Å². The molecule has 102 valence electrons. The number of allylic oxidation sites excluding steroid dienone is 7. The summed E-state index contributed by atoms with van der Waals surface area (Å²) in [6.45, 7) is 0.528. The van der Waals surface area contributed by atoms with Crippen molar-refractivity contribution in [3.8, 4) is 0 Å². The summed E-state index contributed by atoms with van der Waals surface area (Å²) in [7, 11) is 0. The zero-order valence-corrected chi connectivity index (χ0v) is 11.1. The molecule has 1 heterocycles. The fourth-order valence-electron chi connectivity index (χ4n) is 1.04. The summed E-state index contributed by atoms with van der Waals surface area (Å²) >= 11 is 0. The second-order valence-electron chi connectivity index (χ2n) is 3.39. The summed E-state index contributed by atoms with van der Waals surface area (Å²) in [5.74, 6) is 0. The molecule has 0 bridgehead atoms. The van der Waals surface area contributed by atoms with Gasteiger partial charge in [-0.2, -0.15) is 0 Å². The topological polar surface area (TPSA) is 46.3 Å². The third-order valence-electron chi connectivity index (χ3n) is 1.88. The van der Waals surface area contributed by atoms with Crippen LogP contribution in [0.15, 0.2) is 88.4 Å². The lowest BCUT2D eigenvalue weighted by Gasteiger charge is -1.90. The van der Waals surface area contributed by atoms with Crippen LogP contribution in [0.2, 0.25) is 0 Å². The Kier molecular flexibility index (Phi) is 9.72. The van der Waals surface area contributed by atoms with Crippen LogP contribution in [0.25, 0.3) is 0 Å². The van der Waals surface area contributed by atoms with Crippen molar-refractivity contribution in [1.82, 2.24) is 0 Å². The van der Waals surface area contributed by atoms with E-state index in [2.05, 4.69) is 15.0 Å². The fourth-order valence-corrected chi connectivity index (χ4v) is 1.04. The van der Waals surface area contributed by atoms with Crippen molar-refractivity contribution in [2.24, 2.45) is 15.0 Å². The van der Waals surface area contributed by atoms with E-state index in [9.17, 15) is 0 Å². The number of aliphatic imine (C=N–C) groups is 3. The molecule has 0 aromatic heterocycles. The van der Waals surface area contributed by atoms with E-state index in [0.29, 0.717) is 6.61 Å². The monoisotopic (exact) mass is 267 g/mol. The van der Waals surface area contributed by atoms with Gasteiger partial charge in [-0.1, -0.05) is 24.3 Å². The lowest BCUT2D eigenvalue weighted by molar-refractivity contribution is 0.290. The SMILES string of the molecule is C1=CC=COCC=CC=CC=NC=CN=CC=NC=C1. The molecule has 0 spiro atoms. The minimum Gasteiger partial charge on any atom is -0.497 e. The van der Waals surface area contributed by atoms with Gasteiger partial charge >= 0.3 is 0 Å². The second-order valence-corrected chi connectivity index (χ2v) is 3.39. The predicted molar refractivity (Wildman–Crippen MR) is 86.3 cm³/mol. The maximum atomic E-state index is 5.25. The van der Waals surface area contributed by atoms with Gasteiger partial charge in [-0.25, -0.2) is 0 Å². The molecular weight excluding hydrogens is 250 g/mol. The molecule has 0 radical (unpaired) electrons. The van der Waals surface area contributed by atoms with Gasteiger partial charge in [-0.05, 0) is 24.3 Å². The summed E-state index contributed by atoms with van der Waals surface area (Å²) in [6.07, 6.45) is 26.2. The Labute approximate surface area is 119 Å². The molecule has 0 aliphatic carbocycles. The molecule has 0 N–H and O–H groups in total. The van der Waals surface area contributed by atoms with Crippen LogP contribution in [0.4, 0.5) is 0 Å². The molecule has 0 saturated carbocycles. The number of hydrogen-bond donors (Lipinski definition) is 0. The number of rotatable bonds is 0. The van der Waals surface area contributed by atoms with Crippen molar-refractivity contribution in [1.29, 1.82) is 0 Å². The van der Waals surface area contributed by atoms with Gasteiger partial charge in [0, 0.05) is 37.2 Å². The minimum absolute atomic E-state index is 0.528. The van der Waals surface area contributed by atoms with Crippen molar-refractivity contribution >= 4 is 18.6 Å². The van der Waals surface area contributed by atoms with E-state index in [1.807, 2.05) is 48.6 Å². The molecule has 0 fully saturated rings. The molecule has 0 aromatic rings. The van der Waals surface area contributed by atoms with Crippen LogP contribution < -0.4 is 0 Å². The zero-order chi connectivity index (χ0) is 14.1. The molecule has 0 atom stereocenters. The first kappa shape index (κ1) is 15.3. The number of nitrogens with zero attached hydrogens (tertiary/aromatic N) is 3. The zero-order valence-electron chi connectivity index (χ0n) is 11.1. The maximum absolute atomic E-state index is 5.25. The van der Waals surface area contributed by atoms with Gasteiger partial charge in [0.15, 0.2) is 0 Å². The quantitative estimate of drug-likeness (QED) is 0.663. The third-order valence-corrected chi connectivity index (χ3v) is 1.88. The Balaban J connectivity index is 2.59. The van der Waals surface area contributed by atoms with Crippen molar-refractivity contribution in [3.05, 3.63) is 73.5 Å². The summed E-state index contributed by atoms with van der Waals surface area (Å²) in [6, 6.07) is 0. The van der Waals surface area contributed by atoms with Crippen LogP contribution in [0.5, 0.6) is 0 Å². The molecule has 0 aromatic carbocycles. The lowest BCUT2D eigenvalue weighted by atomic mass is 10.4. The van der Waals surface area contributed by atoms with E-state index >= 15 is 0 Å². The highest BCUT2D eigenvalue weighted by molar-refractivity contribution is 6.16. The predicted octanol–water partition coefficient (Wildman–Crippen LogP) is 3.40. The summed E-state index contributed by atoms with van der Waals surface area (Å²) < 4.78 is 5.25. The maximum Gasteiger partial charge on any atom is 0.106 e. The lowest BCUT2D eigenvalue weighted by Crippen LogP contribution is -1.78. The van der Waals surface area contributed by atoms with Crippen molar-refractivity contribution in [3.63, 3.8) is 0 Å². The minimum atomic E-state index is 0.528. The Morgan fingerprint density at radius 1 is 0.600 bits per heavy atom. The highest BCUT2D eigenvalue weighted by Crippen LogP contribution is 1.85. The van der Waals surface area contributed by atoms with Crippen LogP contribution in [0.3, 0.4) is 0 Å². The second kappa shape index (κ2) is 12.7. The highest BCUT2D eigenvalue weighted by Gasteiger charge is 1.72.